The number of hydrogen-bond donors (Lipinski definition) is 1. The Balaban J connectivity index is 1.69. The van der Waals surface area contributed by atoms with Gasteiger partial charge in [0.15, 0.2) is 5.76 Å². The van der Waals surface area contributed by atoms with Crippen molar-refractivity contribution >= 4 is 23.2 Å². The van der Waals surface area contributed by atoms with E-state index in [-0.39, 0.29) is 17.6 Å². The van der Waals surface area contributed by atoms with Gasteiger partial charge in [0.2, 0.25) is 5.91 Å². The predicted molar refractivity (Wildman–Crippen MR) is 79.4 cm³/mol. The van der Waals surface area contributed by atoms with Gasteiger partial charge in [-0.3, -0.25) is 9.59 Å². The van der Waals surface area contributed by atoms with Crippen molar-refractivity contribution in [3.63, 3.8) is 0 Å². The van der Waals surface area contributed by atoms with Gasteiger partial charge >= 0.3 is 0 Å². The second kappa shape index (κ2) is 5.44. The van der Waals surface area contributed by atoms with Gasteiger partial charge in [0, 0.05) is 24.3 Å². The lowest BCUT2D eigenvalue weighted by molar-refractivity contribution is -0.117. The van der Waals surface area contributed by atoms with Crippen LogP contribution in [0.3, 0.4) is 0 Å². The lowest BCUT2D eigenvalue weighted by atomic mass is 10.2. The first-order valence-electron chi connectivity index (χ1n) is 6.92. The number of nitrogens with zero attached hydrogens (tertiary/aromatic N) is 1. The van der Waals surface area contributed by atoms with E-state index in [1.54, 1.807) is 36.1 Å². The van der Waals surface area contributed by atoms with Gasteiger partial charge in [0.05, 0.1) is 0 Å². The fraction of sp³-hybridized carbons (Fsp3) is 0.250. The predicted octanol–water partition coefficient (Wildman–Crippen LogP) is 2.97. The number of rotatable bonds is 3. The molecular formula is C16H16N2O3. The highest BCUT2D eigenvalue weighted by Crippen LogP contribution is 2.23. The van der Waals surface area contributed by atoms with Crippen molar-refractivity contribution in [1.82, 2.24) is 0 Å². The molecule has 0 atom stereocenters. The van der Waals surface area contributed by atoms with Crippen LogP contribution in [-0.4, -0.2) is 18.4 Å². The molecule has 1 fully saturated rings. The molecule has 0 unspecified atom stereocenters. The molecule has 1 aliphatic heterocycles. The normalized spacial score (nSPS) is 14.5. The van der Waals surface area contributed by atoms with Crippen molar-refractivity contribution in [3.8, 4) is 0 Å². The van der Waals surface area contributed by atoms with Gasteiger partial charge in [0.1, 0.15) is 5.76 Å². The fourth-order valence-corrected chi connectivity index (χ4v) is 2.40. The smallest absolute Gasteiger partial charge is 0.291 e. The first-order valence-corrected chi connectivity index (χ1v) is 6.92. The molecule has 21 heavy (non-hydrogen) atoms. The molecule has 108 valence electrons. The number of hydrogen-bond acceptors (Lipinski definition) is 3. The molecule has 2 heterocycles. The summed E-state index contributed by atoms with van der Waals surface area (Å²) < 4.78 is 5.27. The molecule has 5 heteroatoms. The highest BCUT2D eigenvalue weighted by atomic mass is 16.3. The molecule has 1 aliphatic rings. The van der Waals surface area contributed by atoms with Crippen LogP contribution < -0.4 is 10.2 Å². The average molecular weight is 284 g/mol. The minimum atomic E-state index is -0.284. The van der Waals surface area contributed by atoms with E-state index in [4.69, 9.17) is 4.42 Å². The standard InChI is InChI=1S/C16H16N2O3/c1-11-4-9-14(21-11)16(20)17-12-5-7-13(8-6-12)18-10-2-3-15(18)19/h4-9H,2-3,10H2,1H3,(H,17,20). The van der Waals surface area contributed by atoms with E-state index >= 15 is 0 Å². The Hall–Kier alpha value is -2.56. The maximum Gasteiger partial charge on any atom is 0.291 e. The summed E-state index contributed by atoms with van der Waals surface area (Å²) >= 11 is 0. The van der Waals surface area contributed by atoms with Crippen LogP contribution in [0, 0.1) is 6.92 Å². The summed E-state index contributed by atoms with van der Waals surface area (Å²) in [4.78, 5) is 25.4. The van der Waals surface area contributed by atoms with Crippen molar-refractivity contribution in [2.75, 3.05) is 16.8 Å². The van der Waals surface area contributed by atoms with Crippen molar-refractivity contribution < 1.29 is 14.0 Å². The summed E-state index contributed by atoms with van der Waals surface area (Å²) in [5.74, 6) is 0.847. The number of furan rings is 1. The van der Waals surface area contributed by atoms with E-state index in [1.807, 2.05) is 12.1 Å². The summed E-state index contributed by atoms with van der Waals surface area (Å²) in [7, 11) is 0. The zero-order chi connectivity index (χ0) is 14.8. The minimum absolute atomic E-state index is 0.151. The molecule has 0 radical (unpaired) electrons. The third-order valence-corrected chi connectivity index (χ3v) is 3.47. The highest BCUT2D eigenvalue weighted by molar-refractivity contribution is 6.02. The number of benzene rings is 1. The Morgan fingerprint density at radius 3 is 2.52 bits per heavy atom. The van der Waals surface area contributed by atoms with Gasteiger partial charge in [-0.15, -0.1) is 0 Å². The maximum atomic E-state index is 12.0. The zero-order valence-corrected chi connectivity index (χ0v) is 11.8. The fourth-order valence-electron chi connectivity index (χ4n) is 2.40. The van der Waals surface area contributed by atoms with E-state index in [9.17, 15) is 9.59 Å². The number of nitrogens with one attached hydrogen (secondary N) is 1. The number of aryl methyl sites for hydroxylation is 1. The van der Waals surface area contributed by atoms with Crippen LogP contribution in [0.2, 0.25) is 0 Å². The van der Waals surface area contributed by atoms with Crippen LogP contribution in [0.15, 0.2) is 40.8 Å². The number of amides is 2. The molecule has 3 rings (SSSR count). The Morgan fingerprint density at radius 2 is 1.95 bits per heavy atom. The molecular weight excluding hydrogens is 268 g/mol. The monoisotopic (exact) mass is 284 g/mol. The van der Waals surface area contributed by atoms with E-state index in [2.05, 4.69) is 5.32 Å². The summed E-state index contributed by atoms with van der Waals surface area (Å²) in [5.41, 5.74) is 1.54. The van der Waals surface area contributed by atoms with Gasteiger partial charge in [-0.1, -0.05) is 0 Å². The van der Waals surface area contributed by atoms with Crippen LogP contribution >= 0.6 is 0 Å². The molecule has 1 saturated heterocycles. The molecule has 2 aromatic rings. The van der Waals surface area contributed by atoms with Crippen molar-refractivity contribution in [2.45, 2.75) is 19.8 Å². The largest absolute Gasteiger partial charge is 0.456 e. The van der Waals surface area contributed by atoms with Crippen LogP contribution in [0.5, 0.6) is 0 Å². The molecule has 2 amide bonds. The summed E-state index contributed by atoms with van der Waals surface area (Å²) in [6.45, 7) is 2.55. The Labute approximate surface area is 122 Å². The summed E-state index contributed by atoms with van der Waals surface area (Å²) in [5, 5.41) is 2.76. The van der Waals surface area contributed by atoms with Gasteiger partial charge in [-0.25, -0.2) is 0 Å². The second-order valence-corrected chi connectivity index (χ2v) is 5.06. The van der Waals surface area contributed by atoms with Gasteiger partial charge in [-0.2, -0.15) is 0 Å². The Kier molecular flexibility index (Phi) is 3.48. The summed E-state index contributed by atoms with van der Waals surface area (Å²) in [6.07, 6.45) is 1.51. The van der Waals surface area contributed by atoms with Crippen LogP contribution in [-0.2, 0) is 4.79 Å². The van der Waals surface area contributed by atoms with Crippen LogP contribution in [0.4, 0.5) is 11.4 Å². The van der Waals surface area contributed by atoms with E-state index in [0.29, 0.717) is 17.9 Å². The molecule has 0 spiro atoms. The van der Waals surface area contributed by atoms with Gasteiger partial charge in [-0.05, 0) is 49.7 Å². The minimum Gasteiger partial charge on any atom is -0.456 e. The molecule has 0 saturated carbocycles. The second-order valence-electron chi connectivity index (χ2n) is 5.06. The molecule has 1 aromatic heterocycles. The number of carbonyl (C=O) groups excluding carboxylic acids is 2. The number of anilines is 2. The van der Waals surface area contributed by atoms with Crippen molar-refractivity contribution in [2.24, 2.45) is 0 Å². The quantitative estimate of drug-likeness (QED) is 0.942. The SMILES string of the molecule is Cc1ccc(C(=O)Nc2ccc(N3CCCC3=O)cc2)o1. The average Bonchev–Trinajstić information content (AvgIpc) is 3.08. The first-order chi connectivity index (χ1) is 10.1. The Bertz CT molecular complexity index is 673. The molecule has 1 N–H and O–H groups in total. The topological polar surface area (TPSA) is 62.6 Å². The number of carbonyl (C=O) groups is 2. The molecule has 0 bridgehead atoms. The molecule has 0 aliphatic carbocycles. The van der Waals surface area contributed by atoms with Crippen LogP contribution in [0.1, 0.15) is 29.2 Å². The molecule has 1 aromatic carbocycles. The Morgan fingerprint density at radius 1 is 1.19 bits per heavy atom. The lowest BCUT2D eigenvalue weighted by Crippen LogP contribution is -2.23. The highest BCUT2D eigenvalue weighted by Gasteiger charge is 2.21. The third kappa shape index (κ3) is 2.81. The lowest BCUT2D eigenvalue weighted by Gasteiger charge is -2.15. The van der Waals surface area contributed by atoms with Gasteiger partial charge in [0.25, 0.3) is 5.91 Å². The van der Waals surface area contributed by atoms with E-state index in [1.165, 1.54) is 0 Å². The van der Waals surface area contributed by atoms with E-state index in [0.717, 1.165) is 18.7 Å². The summed E-state index contributed by atoms with van der Waals surface area (Å²) in [6, 6.07) is 10.6. The van der Waals surface area contributed by atoms with Crippen LogP contribution in [0.25, 0.3) is 0 Å². The van der Waals surface area contributed by atoms with Crippen molar-refractivity contribution in [3.05, 3.63) is 47.9 Å². The molecule has 5 nitrogen and oxygen atoms in total. The first kappa shape index (κ1) is 13.4. The zero-order valence-electron chi connectivity index (χ0n) is 11.8. The third-order valence-electron chi connectivity index (χ3n) is 3.47. The van der Waals surface area contributed by atoms with Crippen molar-refractivity contribution in [1.29, 1.82) is 0 Å². The van der Waals surface area contributed by atoms with Gasteiger partial charge < -0.3 is 14.6 Å². The maximum absolute atomic E-state index is 12.0. The van der Waals surface area contributed by atoms with E-state index < -0.39 is 0 Å².